The second kappa shape index (κ2) is 9.96. The molecule has 1 aliphatic heterocycles. The second-order valence-corrected chi connectivity index (χ2v) is 4.47. The zero-order valence-corrected chi connectivity index (χ0v) is 12.6. The van der Waals surface area contributed by atoms with Crippen molar-refractivity contribution in [1.82, 2.24) is 10.8 Å². The quantitative estimate of drug-likeness (QED) is 0.720. The minimum Gasteiger partial charge on any atom is -0.480 e. The van der Waals surface area contributed by atoms with Crippen LogP contribution in [0.15, 0.2) is 30.3 Å². The van der Waals surface area contributed by atoms with Crippen molar-refractivity contribution in [3.8, 4) is 0 Å². The van der Waals surface area contributed by atoms with E-state index in [1.165, 1.54) is 0 Å². The number of rotatable bonds is 5. The van der Waals surface area contributed by atoms with Gasteiger partial charge in [-0.2, -0.15) is 5.48 Å². The first-order chi connectivity index (χ1) is 8.75. The molecule has 0 spiro atoms. The lowest BCUT2D eigenvalue weighted by Gasteiger charge is -2.27. The number of hydrogen-bond acceptors (Lipinski definition) is 4. The standard InChI is InChI=1S/C13H18N2O3.2ClH/c16-13(17)12-7-6-11(8-14-12)15-18-9-10-4-2-1-3-5-10;;/h1-5,11-12,14-15H,6-9H2,(H,16,17);2*1H/t11-,12+;;/m1../s1. The third-order valence-corrected chi connectivity index (χ3v) is 3.04. The summed E-state index contributed by atoms with van der Waals surface area (Å²) in [4.78, 5) is 16.2. The summed E-state index contributed by atoms with van der Waals surface area (Å²) in [6, 6.07) is 9.66. The number of halogens is 2. The molecule has 3 N–H and O–H groups in total. The molecule has 0 bridgehead atoms. The Labute approximate surface area is 130 Å². The molecule has 0 saturated carbocycles. The van der Waals surface area contributed by atoms with E-state index in [9.17, 15) is 4.79 Å². The van der Waals surface area contributed by atoms with Crippen molar-refractivity contribution in [2.24, 2.45) is 0 Å². The van der Waals surface area contributed by atoms with E-state index in [-0.39, 0.29) is 30.9 Å². The maximum atomic E-state index is 10.7. The number of piperidine rings is 1. The number of carboxylic acids is 1. The summed E-state index contributed by atoms with van der Waals surface area (Å²) in [5, 5.41) is 11.8. The van der Waals surface area contributed by atoms with Gasteiger partial charge >= 0.3 is 5.97 Å². The molecule has 20 heavy (non-hydrogen) atoms. The number of benzene rings is 1. The maximum absolute atomic E-state index is 10.7. The van der Waals surface area contributed by atoms with Crippen molar-refractivity contribution >= 4 is 30.8 Å². The highest BCUT2D eigenvalue weighted by Gasteiger charge is 2.25. The van der Waals surface area contributed by atoms with Gasteiger partial charge in [0.05, 0.1) is 6.61 Å². The van der Waals surface area contributed by atoms with Crippen molar-refractivity contribution in [3.05, 3.63) is 35.9 Å². The van der Waals surface area contributed by atoms with Gasteiger partial charge in [0.25, 0.3) is 0 Å². The fourth-order valence-corrected chi connectivity index (χ4v) is 1.98. The lowest BCUT2D eigenvalue weighted by Crippen LogP contribution is -2.50. The van der Waals surface area contributed by atoms with Gasteiger partial charge < -0.3 is 10.4 Å². The molecule has 2 atom stereocenters. The summed E-state index contributed by atoms with van der Waals surface area (Å²) >= 11 is 0. The van der Waals surface area contributed by atoms with Gasteiger partial charge in [-0.05, 0) is 18.4 Å². The van der Waals surface area contributed by atoms with E-state index >= 15 is 0 Å². The molecule has 5 nitrogen and oxygen atoms in total. The Bertz CT molecular complexity index is 384. The molecule has 0 aromatic heterocycles. The summed E-state index contributed by atoms with van der Waals surface area (Å²) in [6.07, 6.45) is 1.43. The predicted octanol–water partition coefficient (Wildman–Crippen LogP) is 1.76. The smallest absolute Gasteiger partial charge is 0.320 e. The molecule has 1 aromatic carbocycles. The Kier molecular flexibility index (Phi) is 9.54. The van der Waals surface area contributed by atoms with E-state index in [0.717, 1.165) is 12.0 Å². The average molecular weight is 323 g/mol. The topological polar surface area (TPSA) is 70.6 Å². The largest absolute Gasteiger partial charge is 0.480 e. The molecule has 2 rings (SSSR count). The van der Waals surface area contributed by atoms with Gasteiger partial charge in [0.1, 0.15) is 6.04 Å². The summed E-state index contributed by atoms with van der Waals surface area (Å²) in [5.41, 5.74) is 4.08. The predicted molar refractivity (Wildman–Crippen MR) is 81.3 cm³/mol. The Hall–Kier alpha value is -0.850. The van der Waals surface area contributed by atoms with Crippen molar-refractivity contribution in [1.29, 1.82) is 0 Å². The van der Waals surface area contributed by atoms with Crippen LogP contribution in [0.2, 0.25) is 0 Å². The van der Waals surface area contributed by atoms with Crippen LogP contribution in [0.25, 0.3) is 0 Å². The van der Waals surface area contributed by atoms with Crippen molar-refractivity contribution in [2.75, 3.05) is 6.54 Å². The molecule has 1 aliphatic rings. The van der Waals surface area contributed by atoms with Gasteiger partial charge in [0, 0.05) is 12.6 Å². The van der Waals surface area contributed by atoms with Gasteiger partial charge in [-0.25, -0.2) is 0 Å². The highest BCUT2D eigenvalue weighted by atomic mass is 35.5. The molecule has 0 unspecified atom stereocenters. The van der Waals surface area contributed by atoms with Crippen LogP contribution >= 0.6 is 24.8 Å². The molecule has 1 aromatic rings. The Morgan fingerprint density at radius 1 is 1.30 bits per heavy atom. The van der Waals surface area contributed by atoms with Crippen molar-refractivity contribution in [3.63, 3.8) is 0 Å². The first-order valence-electron chi connectivity index (χ1n) is 6.13. The summed E-state index contributed by atoms with van der Waals surface area (Å²) in [5.74, 6) is -0.779. The third kappa shape index (κ3) is 6.07. The van der Waals surface area contributed by atoms with E-state index in [4.69, 9.17) is 9.94 Å². The van der Waals surface area contributed by atoms with E-state index in [0.29, 0.717) is 19.6 Å². The fourth-order valence-electron chi connectivity index (χ4n) is 1.98. The second-order valence-electron chi connectivity index (χ2n) is 4.47. The Morgan fingerprint density at radius 3 is 2.55 bits per heavy atom. The first kappa shape index (κ1) is 19.1. The average Bonchev–Trinajstić information content (AvgIpc) is 2.40. The van der Waals surface area contributed by atoms with E-state index < -0.39 is 12.0 Å². The van der Waals surface area contributed by atoms with Crippen LogP contribution < -0.4 is 10.8 Å². The lowest BCUT2D eigenvalue weighted by atomic mass is 10.0. The molecule has 0 radical (unpaired) electrons. The number of hydroxylamine groups is 1. The van der Waals surface area contributed by atoms with Crippen LogP contribution in [0, 0.1) is 0 Å². The molecule has 114 valence electrons. The number of aliphatic carboxylic acids is 1. The van der Waals surface area contributed by atoms with Crippen LogP contribution in [0.5, 0.6) is 0 Å². The SMILES string of the molecule is Cl.Cl.O=C(O)[C@@H]1CC[C@@H](NOCc2ccccc2)CN1. The van der Waals surface area contributed by atoms with E-state index in [2.05, 4.69) is 10.8 Å². The lowest BCUT2D eigenvalue weighted by molar-refractivity contribution is -0.140. The van der Waals surface area contributed by atoms with Gasteiger partial charge in [-0.15, -0.1) is 24.8 Å². The highest BCUT2D eigenvalue weighted by molar-refractivity contribution is 5.85. The summed E-state index contributed by atoms with van der Waals surface area (Å²) in [7, 11) is 0. The van der Waals surface area contributed by atoms with Gasteiger partial charge in [-0.3, -0.25) is 9.63 Å². The molecule has 1 saturated heterocycles. The fraction of sp³-hybridized carbons (Fsp3) is 0.462. The number of nitrogens with one attached hydrogen (secondary N) is 2. The van der Waals surface area contributed by atoms with E-state index in [1.54, 1.807) is 0 Å². The third-order valence-electron chi connectivity index (χ3n) is 3.04. The van der Waals surface area contributed by atoms with Gasteiger partial charge in [0.15, 0.2) is 0 Å². The molecule has 0 amide bonds. The summed E-state index contributed by atoms with van der Waals surface area (Å²) in [6.45, 7) is 1.13. The van der Waals surface area contributed by atoms with Crippen LogP contribution in [0.1, 0.15) is 18.4 Å². The van der Waals surface area contributed by atoms with Crippen LogP contribution in [-0.4, -0.2) is 29.7 Å². The molecular formula is C13H20Cl2N2O3. The van der Waals surface area contributed by atoms with Crippen LogP contribution in [0.4, 0.5) is 0 Å². The van der Waals surface area contributed by atoms with Crippen LogP contribution in [0.3, 0.4) is 0 Å². The minimum atomic E-state index is -0.779. The number of carboxylic acid groups (broad SMARTS) is 1. The maximum Gasteiger partial charge on any atom is 0.320 e. The molecule has 1 fully saturated rings. The highest BCUT2D eigenvalue weighted by Crippen LogP contribution is 2.09. The Morgan fingerprint density at radius 2 is 2.00 bits per heavy atom. The van der Waals surface area contributed by atoms with E-state index in [1.807, 2.05) is 30.3 Å². The zero-order valence-electron chi connectivity index (χ0n) is 11.0. The number of hydrogen-bond donors (Lipinski definition) is 3. The number of carbonyl (C=O) groups is 1. The van der Waals surface area contributed by atoms with Gasteiger partial charge in [0.2, 0.25) is 0 Å². The monoisotopic (exact) mass is 322 g/mol. The normalized spacial score (nSPS) is 21.4. The first-order valence-corrected chi connectivity index (χ1v) is 6.13. The molecular weight excluding hydrogens is 303 g/mol. The summed E-state index contributed by atoms with van der Waals surface area (Å²) < 4.78 is 0. The minimum absolute atomic E-state index is 0. The van der Waals surface area contributed by atoms with Crippen LogP contribution in [-0.2, 0) is 16.2 Å². The van der Waals surface area contributed by atoms with Crippen molar-refractivity contribution < 1.29 is 14.7 Å². The molecule has 7 heteroatoms. The Balaban J connectivity index is 0.00000180. The van der Waals surface area contributed by atoms with Crippen molar-refractivity contribution in [2.45, 2.75) is 31.5 Å². The molecule has 0 aliphatic carbocycles. The zero-order chi connectivity index (χ0) is 12.8. The molecule has 1 heterocycles. The van der Waals surface area contributed by atoms with Gasteiger partial charge in [-0.1, -0.05) is 30.3 Å².